The number of nitrogens with zero attached hydrogens (tertiary/aromatic N) is 3. The fourth-order valence-electron chi connectivity index (χ4n) is 4.76. The number of piperidine rings is 1. The van der Waals surface area contributed by atoms with E-state index in [1.165, 1.54) is 12.4 Å². The minimum atomic E-state index is -4.51. The van der Waals surface area contributed by atoms with Crippen LogP contribution in [0.1, 0.15) is 42.4 Å². The maximum Gasteiger partial charge on any atom is 0.416 e. The highest BCUT2D eigenvalue weighted by Crippen LogP contribution is 2.33. The molecule has 216 valence electrons. The number of likely N-dealkylation sites (tertiary alicyclic amines) is 1. The summed E-state index contributed by atoms with van der Waals surface area (Å²) in [6.07, 6.45) is 1.86. The first-order chi connectivity index (χ1) is 19.6. The third-order valence-corrected chi connectivity index (χ3v) is 7.16. The van der Waals surface area contributed by atoms with Crippen molar-refractivity contribution in [1.29, 1.82) is 0 Å². The van der Waals surface area contributed by atoms with Gasteiger partial charge in [0.2, 0.25) is 11.8 Å². The van der Waals surface area contributed by atoms with Crippen LogP contribution in [0.25, 0.3) is 0 Å². The first-order valence-electron chi connectivity index (χ1n) is 13.7. The van der Waals surface area contributed by atoms with E-state index in [9.17, 15) is 22.8 Å². The molecule has 0 atom stereocenters. The third-order valence-electron chi connectivity index (χ3n) is 7.16. The number of anilines is 2. The summed E-state index contributed by atoms with van der Waals surface area (Å²) in [7, 11) is 2.02. The van der Waals surface area contributed by atoms with Crippen LogP contribution in [0, 0.1) is 5.92 Å². The van der Waals surface area contributed by atoms with E-state index >= 15 is 0 Å². The van der Waals surface area contributed by atoms with Gasteiger partial charge in [-0.1, -0.05) is 6.07 Å². The Morgan fingerprint density at radius 1 is 0.976 bits per heavy atom. The Labute approximate surface area is 236 Å². The van der Waals surface area contributed by atoms with Crippen molar-refractivity contribution in [2.24, 2.45) is 5.92 Å². The van der Waals surface area contributed by atoms with Crippen molar-refractivity contribution < 1.29 is 27.5 Å². The molecular formula is C30H32F3N5O3. The summed E-state index contributed by atoms with van der Waals surface area (Å²) >= 11 is 0. The molecule has 0 radical (unpaired) electrons. The Hall–Kier alpha value is -3.99. The van der Waals surface area contributed by atoms with Gasteiger partial charge in [0.05, 0.1) is 5.56 Å². The van der Waals surface area contributed by atoms with E-state index in [0.717, 1.165) is 50.9 Å². The molecule has 0 bridgehead atoms. The Bertz CT molecular complexity index is 1380. The van der Waals surface area contributed by atoms with Gasteiger partial charge in [0.1, 0.15) is 17.4 Å². The van der Waals surface area contributed by atoms with E-state index < -0.39 is 11.7 Å². The number of alkyl halides is 3. The maximum absolute atomic E-state index is 13.6. The van der Waals surface area contributed by atoms with Gasteiger partial charge in [0.25, 0.3) is 0 Å². The summed E-state index contributed by atoms with van der Waals surface area (Å²) in [6, 6.07) is 10.4. The second-order valence-electron chi connectivity index (χ2n) is 10.8. The minimum absolute atomic E-state index is 0.0217. The van der Waals surface area contributed by atoms with Crippen LogP contribution >= 0.6 is 0 Å². The second kappa shape index (κ2) is 12.3. The molecule has 5 rings (SSSR count). The number of benzene rings is 1. The zero-order chi connectivity index (χ0) is 29.0. The van der Waals surface area contributed by atoms with Crippen LogP contribution < -0.4 is 15.4 Å². The van der Waals surface area contributed by atoms with Crippen molar-refractivity contribution in [3.8, 4) is 11.6 Å². The first kappa shape index (κ1) is 28.5. The Morgan fingerprint density at radius 3 is 2.41 bits per heavy atom. The number of amides is 1. The third kappa shape index (κ3) is 8.26. The summed E-state index contributed by atoms with van der Waals surface area (Å²) in [5, 5.41) is 6.00. The largest absolute Gasteiger partial charge is 0.439 e. The van der Waals surface area contributed by atoms with E-state index in [2.05, 4.69) is 25.5 Å². The molecule has 2 aliphatic rings. The molecule has 11 heteroatoms. The Morgan fingerprint density at radius 2 is 1.73 bits per heavy atom. The molecule has 0 spiro atoms. The van der Waals surface area contributed by atoms with Gasteiger partial charge >= 0.3 is 6.18 Å². The molecule has 1 amide bonds. The predicted octanol–water partition coefficient (Wildman–Crippen LogP) is 5.50. The van der Waals surface area contributed by atoms with Gasteiger partial charge in [0.15, 0.2) is 0 Å². The van der Waals surface area contributed by atoms with Crippen molar-refractivity contribution in [3.63, 3.8) is 0 Å². The van der Waals surface area contributed by atoms with E-state index in [-0.39, 0.29) is 42.4 Å². The number of hydrogen-bond acceptors (Lipinski definition) is 7. The molecule has 0 unspecified atom stereocenters. The smallest absolute Gasteiger partial charge is 0.416 e. The highest BCUT2D eigenvalue weighted by molar-refractivity contribution is 5.93. The number of hydrogen-bond donors (Lipinski definition) is 2. The number of nitrogens with one attached hydrogen (secondary N) is 2. The molecule has 2 fully saturated rings. The maximum atomic E-state index is 13.6. The Kier molecular flexibility index (Phi) is 8.53. The van der Waals surface area contributed by atoms with Crippen molar-refractivity contribution >= 4 is 23.2 Å². The van der Waals surface area contributed by atoms with Crippen LogP contribution in [0.15, 0.2) is 54.9 Å². The second-order valence-corrected chi connectivity index (χ2v) is 10.8. The number of carbonyl (C=O) groups excluding carboxylic acids is 2. The van der Waals surface area contributed by atoms with E-state index in [0.29, 0.717) is 28.4 Å². The molecule has 1 aromatic carbocycles. The molecule has 2 aromatic heterocycles. The summed E-state index contributed by atoms with van der Waals surface area (Å²) in [6.45, 7) is 1.75. The van der Waals surface area contributed by atoms with Crippen molar-refractivity contribution in [3.05, 3.63) is 71.5 Å². The van der Waals surface area contributed by atoms with Gasteiger partial charge in [-0.2, -0.15) is 13.2 Å². The molecule has 1 saturated heterocycles. The van der Waals surface area contributed by atoms with Crippen LogP contribution in [0.4, 0.5) is 24.7 Å². The van der Waals surface area contributed by atoms with Crippen LogP contribution in [0.3, 0.4) is 0 Å². The molecule has 2 N–H and O–H groups in total. The standard InChI is InChI=1S/C30H32F3N5O3/c1-38-10-7-23(8-11-38)36-24-13-20(12-22(16-24)30(31,32)33)15-25(39)14-19-2-5-28(35-18-19)41-26-6-9-34-27(17-26)37-29(40)21-3-4-21/h2,5-6,9,12-13,16-18,21,23,36H,3-4,7-8,10-11,14-15H2,1H3,(H,34,37,40). The predicted molar refractivity (Wildman–Crippen MR) is 148 cm³/mol. The number of pyridine rings is 2. The molecule has 3 heterocycles. The molecule has 8 nitrogen and oxygen atoms in total. The summed E-state index contributed by atoms with van der Waals surface area (Å²) in [5.41, 5.74) is 0.543. The van der Waals surface area contributed by atoms with Crippen molar-refractivity contribution in [1.82, 2.24) is 14.9 Å². The quantitative estimate of drug-likeness (QED) is 0.334. The fourth-order valence-corrected chi connectivity index (χ4v) is 4.76. The van der Waals surface area contributed by atoms with Crippen LogP contribution in [-0.4, -0.2) is 52.7 Å². The average Bonchev–Trinajstić information content (AvgIpc) is 3.77. The Balaban J connectivity index is 1.19. The molecule has 1 aliphatic heterocycles. The lowest BCUT2D eigenvalue weighted by Gasteiger charge is -2.30. The molecule has 1 aliphatic carbocycles. The van der Waals surface area contributed by atoms with Gasteiger partial charge in [-0.05, 0) is 81.2 Å². The lowest BCUT2D eigenvalue weighted by molar-refractivity contribution is -0.137. The molecule has 1 saturated carbocycles. The molecule has 3 aromatic rings. The SMILES string of the molecule is CN1CCC(Nc2cc(CC(=O)Cc3ccc(Oc4ccnc(NC(=O)C5CC5)c4)nc3)cc(C(F)(F)F)c2)CC1. The lowest BCUT2D eigenvalue weighted by atomic mass is 10.00. The van der Waals surface area contributed by atoms with Gasteiger partial charge in [-0.15, -0.1) is 0 Å². The minimum Gasteiger partial charge on any atom is -0.439 e. The monoisotopic (exact) mass is 567 g/mol. The van der Waals surface area contributed by atoms with E-state index in [1.54, 1.807) is 30.3 Å². The summed E-state index contributed by atoms with van der Waals surface area (Å²) < 4.78 is 46.6. The van der Waals surface area contributed by atoms with Gasteiger partial charge in [-0.3, -0.25) is 9.59 Å². The number of Topliss-reactive ketones (excluding diaryl/α,β-unsaturated/α-hetero) is 1. The van der Waals surface area contributed by atoms with E-state index in [4.69, 9.17) is 4.74 Å². The number of ether oxygens (including phenoxy) is 1. The van der Waals surface area contributed by atoms with Gasteiger partial charge < -0.3 is 20.3 Å². The molecule has 41 heavy (non-hydrogen) atoms. The zero-order valence-electron chi connectivity index (χ0n) is 22.7. The van der Waals surface area contributed by atoms with Gasteiger partial charge in [0, 0.05) is 55.0 Å². The average molecular weight is 568 g/mol. The normalized spacial score (nSPS) is 16.3. The lowest BCUT2D eigenvalue weighted by Crippen LogP contribution is -2.36. The number of halogens is 3. The van der Waals surface area contributed by atoms with Crippen molar-refractivity contribution in [2.75, 3.05) is 30.8 Å². The number of carbonyl (C=O) groups is 2. The van der Waals surface area contributed by atoms with Crippen LogP contribution in [-0.2, 0) is 28.6 Å². The van der Waals surface area contributed by atoms with E-state index in [1.807, 2.05) is 7.05 Å². The number of ketones is 1. The highest BCUT2D eigenvalue weighted by atomic mass is 19.4. The summed E-state index contributed by atoms with van der Waals surface area (Å²) in [4.78, 5) is 35.4. The summed E-state index contributed by atoms with van der Waals surface area (Å²) in [5.74, 6) is 0.883. The van der Waals surface area contributed by atoms with Crippen LogP contribution in [0.2, 0.25) is 0 Å². The number of aromatic nitrogens is 2. The van der Waals surface area contributed by atoms with Gasteiger partial charge in [-0.25, -0.2) is 9.97 Å². The zero-order valence-corrected chi connectivity index (χ0v) is 22.7. The van der Waals surface area contributed by atoms with Crippen molar-refractivity contribution in [2.45, 2.75) is 50.7 Å². The number of rotatable bonds is 10. The highest BCUT2D eigenvalue weighted by Gasteiger charge is 2.32. The fraction of sp³-hybridized carbons (Fsp3) is 0.400. The topological polar surface area (TPSA) is 96.5 Å². The first-order valence-corrected chi connectivity index (χ1v) is 13.7. The van der Waals surface area contributed by atoms with Crippen LogP contribution in [0.5, 0.6) is 11.6 Å². The molecular weight excluding hydrogens is 535 g/mol.